The van der Waals surface area contributed by atoms with Crippen LogP contribution in [0.1, 0.15) is 0 Å². The van der Waals surface area contributed by atoms with E-state index in [0.717, 1.165) is 0 Å². The Hall–Kier alpha value is 5.41. The summed E-state index contributed by atoms with van der Waals surface area (Å²) in [5.41, 5.74) is 0. The van der Waals surface area contributed by atoms with Gasteiger partial charge in [-0.25, -0.2) is 13.2 Å². The zero-order valence-corrected chi connectivity index (χ0v) is 23.2. The van der Waals surface area contributed by atoms with E-state index in [1.165, 1.54) is 0 Å². The van der Waals surface area contributed by atoms with Gasteiger partial charge in [0.15, 0.2) is 0 Å². The van der Waals surface area contributed by atoms with E-state index >= 15 is 0 Å². The van der Waals surface area contributed by atoms with Gasteiger partial charge >= 0.3 is 156 Å². The van der Waals surface area contributed by atoms with Crippen molar-refractivity contribution < 1.29 is 195 Å². The third-order valence-electron chi connectivity index (χ3n) is 0.413. The normalized spacial score (nSPS) is 18.5. The second-order valence-corrected chi connectivity index (χ2v) is 5.69. The van der Waals surface area contributed by atoms with Gasteiger partial charge in [-0.05, 0) is 0 Å². The third-order valence-corrected chi connectivity index (χ3v) is 3.71. The van der Waals surface area contributed by atoms with Crippen LogP contribution in [0.15, 0.2) is 0 Å². The number of rotatable bonds is 4. The summed E-state index contributed by atoms with van der Waals surface area (Å²) < 4.78 is 35.7. The quantitative estimate of drug-likeness (QED) is 0.318. The Bertz CT molecular complexity index is 287. The van der Waals surface area contributed by atoms with Gasteiger partial charge in [0, 0.05) is 0 Å². The zero-order chi connectivity index (χ0) is 10.9. The molecule has 0 aliphatic carbocycles. The summed E-state index contributed by atoms with van der Waals surface area (Å²) in [6.45, 7) is 0. The molecule has 0 aromatic heterocycles. The van der Waals surface area contributed by atoms with Crippen LogP contribution in [0.5, 0.6) is 0 Å². The molecular formula is H3Na5O10P3+3. The summed E-state index contributed by atoms with van der Waals surface area (Å²) in [6.07, 6.45) is 0. The maximum absolute atomic E-state index is 10.3. The molecule has 18 heteroatoms. The van der Waals surface area contributed by atoms with Gasteiger partial charge < -0.3 is 24.5 Å². The first kappa shape index (κ1) is 38.8. The van der Waals surface area contributed by atoms with Gasteiger partial charge in [0.2, 0.25) is 0 Å². The second kappa shape index (κ2) is 15.9. The summed E-state index contributed by atoms with van der Waals surface area (Å²) >= 11 is 0. The molecule has 0 rings (SSSR count). The van der Waals surface area contributed by atoms with Crippen LogP contribution < -0.4 is 158 Å². The van der Waals surface area contributed by atoms with Gasteiger partial charge in [-0.3, -0.25) is 9.13 Å². The Morgan fingerprint density at radius 3 is 0.944 bits per heavy atom. The molecule has 2 unspecified atom stereocenters. The smallest absolute Gasteiger partial charge is 0.756 e. The number of hydrogen-bond acceptors (Lipinski definition) is 7. The molecule has 0 heterocycles. The summed E-state index contributed by atoms with van der Waals surface area (Å²) in [4.78, 5) is 43.5. The van der Waals surface area contributed by atoms with E-state index < -0.39 is 23.5 Å². The summed E-state index contributed by atoms with van der Waals surface area (Å²) in [6, 6.07) is 0. The van der Waals surface area contributed by atoms with Gasteiger partial charge in [-0.15, -0.1) is 0 Å². The Balaban J connectivity index is -0.0000000720. The van der Waals surface area contributed by atoms with E-state index in [2.05, 4.69) is 8.62 Å². The van der Waals surface area contributed by atoms with Crippen molar-refractivity contribution in [2.24, 2.45) is 0 Å². The topological polar surface area (TPSA) is 176 Å². The largest absolute Gasteiger partial charge is 1.00 e. The maximum Gasteiger partial charge on any atom is 1.00 e. The van der Waals surface area contributed by atoms with Crippen LogP contribution in [-0.2, 0) is 22.3 Å². The Morgan fingerprint density at radius 2 is 0.833 bits per heavy atom. The zero-order valence-electron chi connectivity index (χ0n) is 10.5. The van der Waals surface area contributed by atoms with E-state index in [9.17, 15) is 23.5 Å². The fourth-order valence-corrected chi connectivity index (χ4v) is 2.75. The Labute approximate surface area is 213 Å². The number of phosphoric acid groups is 3. The molecule has 18 heavy (non-hydrogen) atoms. The molecule has 0 aliphatic rings. The van der Waals surface area contributed by atoms with Crippen molar-refractivity contribution in [2.75, 3.05) is 0 Å². The van der Waals surface area contributed by atoms with Crippen molar-refractivity contribution >= 4 is 23.5 Å². The van der Waals surface area contributed by atoms with E-state index in [-0.39, 0.29) is 148 Å². The van der Waals surface area contributed by atoms with E-state index in [1.807, 2.05) is 0 Å². The molecule has 0 aromatic carbocycles. The molecule has 2 atom stereocenters. The summed E-state index contributed by atoms with van der Waals surface area (Å²) in [5.74, 6) is 0. The average molecular weight is 371 g/mol. The first-order valence-electron chi connectivity index (χ1n) is 2.24. The number of hydrogen-bond donors (Lipinski definition) is 3. The molecule has 0 bridgehead atoms. The Kier molecular flexibility index (Phi) is 34.3. The van der Waals surface area contributed by atoms with Gasteiger partial charge in [-0.1, -0.05) is 0 Å². The van der Waals surface area contributed by atoms with Crippen molar-refractivity contribution in [1.29, 1.82) is 0 Å². The molecule has 0 spiro atoms. The molecular weight excluding hydrogens is 368 g/mol. The second-order valence-electron chi connectivity index (χ2n) is 1.57. The molecule has 10 nitrogen and oxygen atoms in total. The predicted molar refractivity (Wildman–Crippen MR) is 31.6 cm³/mol. The van der Waals surface area contributed by atoms with Crippen molar-refractivity contribution in [2.45, 2.75) is 0 Å². The maximum atomic E-state index is 10.3. The van der Waals surface area contributed by atoms with Gasteiger partial charge in [0.05, 0.1) is 0 Å². The molecule has 80 valence electrons. The molecule has 0 radical (unpaired) electrons. The van der Waals surface area contributed by atoms with Crippen LogP contribution in [0.25, 0.3) is 0 Å². The molecule has 0 saturated carbocycles. The standard InChI is InChI=1S/5Na.H5O10P3/c;;;;;1-11(2,3)9-13(7,8)10-12(4,5)6/h;;;;;(H,7,8)(H2,1,2,3)(H2,4,5,6)/q5*+1;/p-2. The minimum absolute atomic E-state index is 0. The first-order chi connectivity index (χ1) is 5.41. The fourth-order valence-electron chi connectivity index (χ4n) is 0.276. The molecule has 0 saturated heterocycles. The van der Waals surface area contributed by atoms with Crippen LogP contribution in [0, 0.1) is 0 Å². The minimum Gasteiger partial charge on any atom is -0.756 e. The molecule has 0 aromatic rings. The SMILES string of the molecule is O=P([O-])(O)OP(=O)(O)OP(=O)([O-])O.[Na+].[Na+].[Na+].[Na+].[Na+]. The van der Waals surface area contributed by atoms with Gasteiger partial charge in [0.1, 0.15) is 0 Å². The van der Waals surface area contributed by atoms with Gasteiger partial charge in [0.25, 0.3) is 15.6 Å². The summed E-state index contributed by atoms with van der Waals surface area (Å²) in [5, 5.41) is 0. The Morgan fingerprint density at radius 1 is 0.667 bits per heavy atom. The van der Waals surface area contributed by atoms with Crippen molar-refractivity contribution in [3.63, 3.8) is 0 Å². The van der Waals surface area contributed by atoms with Crippen molar-refractivity contribution in [3.05, 3.63) is 0 Å². The third kappa shape index (κ3) is 29.4. The fraction of sp³-hybridized carbons (Fsp3) is 0. The predicted octanol–water partition coefficient (Wildman–Crippen LogP) is -16.9. The van der Waals surface area contributed by atoms with Crippen LogP contribution in [0.4, 0.5) is 0 Å². The molecule has 3 N–H and O–H groups in total. The summed E-state index contributed by atoms with van der Waals surface area (Å²) in [7, 11) is -16.9. The van der Waals surface area contributed by atoms with E-state index in [1.54, 1.807) is 0 Å². The van der Waals surface area contributed by atoms with E-state index in [0.29, 0.717) is 0 Å². The van der Waals surface area contributed by atoms with E-state index in [4.69, 9.17) is 14.7 Å². The molecule has 0 amide bonds. The van der Waals surface area contributed by atoms with Crippen LogP contribution in [-0.4, -0.2) is 14.7 Å². The van der Waals surface area contributed by atoms with Crippen LogP contribution in [0.3, 0.4) is 0 Å². The van der Waals surface area contributed by atoms with Gasteiger partial charge in [-0.2, -0.15) is 0 Å². The molecule has 0 aliphatic heterocycles. The van der Waals surface area contributed by atoms with Crippen LogP contribution >= 0.6 is 23.5 Å². The van der Waals surface area contributed by atoms with Crippen LogP contribution in [0.2, 0.25) is 0 Å². The van der Waals surface area contributed by atoms with Crippen molar-refractivity contribution in [1.82, 2.24) is 0 Å². The minimum atomic E-state index is -5.63. The van der Waals surface area contributed by atoms with Crippen molar-refractivity contribution in [3.8, 4) is 0 Å². The molecule has 0 fully saturated rings. The first-order valence-corrected chi connectivity index (χ1v) is 6.73. The average Bonchev–Trinajstić information content (AvgIpc) is 1.43. The monoisotopic (exact) mass is 371 g/mol.